The lowest BCUT2D eigenvalue weighted by Gasteiger charge is -2.40. The molecule has 0 aliphatic rings. The van der Waals surface area contributed by atoms with Gasteiger partial charge in [-0.25, -0.2) is 0 Å². The number of aliphatic hydroxyl groups excluding tert-OH is 1. The smallest absolute Gasteiger partial charge is 0.192 e. The van der Waals surface area contributed by atoms with Gasteiger partial charge in [-0.05, 0) is 42.5 Å². The Morgan fingerprint density at radius 2 is 1.81 bits per heavy atom. The van der Waals surface area contributed by atoms with Crippen molar-refractivity contribution in [2.75, 3.05) is 6.61 Å². The third kappa shape index (κ3) is 7.75. The number of aliphatic hydroxyl groups is 1. The molecule has 0 fully saturated rings. The van der Waals surface area contributed by atoms with Gasteiger partial charge < -0.3 is 14.3 Å². The first kappa shape index (κ1) is 23.1. The average Bonchev–Trinajstić information content (AvgIpc) is 2.57. The van der Waals surface area contributed by atoms with Crippen molar-refractivity contribution >= 4 is 8.32 Å². The van der Waals surface area contributed by atoms with Crippen LogP contribution in [0.3, 0.4) is 0 Å². The highest BCUT2D eigenvalue weighted by molar-refractivity contribution is 6.74. The van der Waals surface area contributed by atoms with Gasteiger partial charge in [-0.2, -0.15) is 0 Å². The van der Waals surface area contributed by atoms with Crippen LogP contribution in [0.15, 0.2) is 43.0 Å². The Balaban J connectivity index is 2.63. The van der Waals surface area contributed by atoms with Gasteiger partial charge in [-0.3, -0.25) is 0 Å². The third-order valence-electron chi connectivity index (χ3n) is 5.45. The molecule has 0 bridgehead atoms. The van der Waals surface area contributed by atoms with E-state index in [1.165, 1.54) is 5.56 Å². The first-order valence-electron chi connectivity index (χ1n) is 9.67. The summed E-state index contributed by atoms with van der Waals surface area (Å²) in [5, 5.41) is 10.6. The molecule has 4 heteroatoms. The monoisotopic (exact) mass is 378 g/mol. The van der Waals surface area contributed by atoms with Crippen molar-refractivity contribution in [1.82, 2.24) is 0 Å². The van der Waals surface area contributed by atoms with E-state index in [1.54, 1.807) is 6.08 Å². The minimum Gasteiger partial charge on any atom is -0.414 e. The number of benzene rings is 1. The Hall–Kier alpha value is -0.943. The van der Waals surface area contributed by atoms with E-state index in [-0.39, 0.29) is 17.1 Å². The number of hydrogen-bond donors (Lipinski definition) is 1. The van der Waals surface area contributed by atoms with Gasteiger partial charge in [0.25, 0.3) is 0 Å². The fraction of sp³-hybridized carbons (Fsp3) is 0.636. The lowest BCUT2D eigenvalue weighted by Crippen LogP contribution is -2.45. The fourth-order valence-corrected chi connectivity index (χ4v) is 3.84. The van der Waals surface area contributed by atoms with Crippen LogP contribution in [-0.4, -0.2) is 32.2 Å². The molecule has 1 N–H and O–H groups in total. The molecule has 0 aliphatic heterocycles. The van der Waals surface area contributed by atoms with Crippen LogP contribution in [0.4, 0.5) is 0 Å². The van der Waals surface area contributed by atoms with Crippen LogP contribution in [0, 0.1) is 5.92 Å². The van der Waals surface area contributed by atoms with Crippen LogP contribution in [0.1, 0.15) is 46.1 Å². The van der Waals surface area contributed by atoms with Crippen molar-refractivity contribution in [2.24, 2.45) is 5.92 Å². The molecule has 0 saturated heterocycles. The van der Waals surface area contributed by atoms with Gasteiger partial charge in [0, 0.05) is 12.7 Å². The zero-order valence-electron chi connectivity index (χ0n) is 17.5. The fourth-order valence-electron chi connectivity index (χ4n) is 2.44. The average molecular weight is 379 g/mol. The Morgan fingerprint density at radius 3 is 2.35 bits per heavy atom. The van der Waals surface area contributed by atoms with Crippen LogP contribution in [0.25, 0.3) is 0 Å². The van der Waals surface area contributed by atoms with Gasteiger partial charge in [0.05, 0.1) is 12.7 Å². The standard InChI is InChI=1S/C22H38O3Si/c1-8-18(2)21(23)16-20(25-26(6,7)22(3,4)5)14-15-24-17-19-12-10-9-11-13-19/h8-13,18,20-21,23H,1,14-17H2,2-7H3/t18-,20+,21-/m0/s1. The normalized spacial score (nSPS) is 16.1. The molecule has 3 atom stereocenters. The summed E-state index contributed by atoms with van der Waals surface area (Å²) >= 11 is 0. The van der Waals surface area contributed by atoms with Gasteiger partial charge in [0.2, 0.25) is 0 Å². The van der Waals surface area contributed by atoms with Crippen molar-refractivity contribution in [3.05, 3.63) is 48.6 Å². The van der Waals surface area contributed by atoms with Crippen LogP contribution in [-0.2, 0) is 15.8 Å². The summed E-state index contributed by atoms with van der Waals surface area (Å²) in [6, 6.07) is 10.2. The van der Waals surface area contributed by atoms with E-state index in [1.807, 2.05) is 25.1 Å². The first-order valence-corrected chi connectivity index (χ1v) is 12.6. The van der Waals surface area contributed by atoms with Crippen LogP contribution in [0.5, 0.6) is 0 Å². The maximum Gasteiger partial charge on any atom is 0.192 e. The highest BCUT2D eigenvalue weighted by atomic mass is 28.4. The molecule has 0 aromatic heterocycles. The summed E-state index contributed by atoms with van der Waals surface area (Å²) in [7, 11) is -1.90. The summed E-state index contributed by atoms with van der Waals surface area (Å²) in [5.41, 5.74) is 1.18. The largest absolute Gasteiger partial charge is 0.414 e. The van der Waals surface area contributed by atoms with Gasteiger partial charge in [-0.15, -0.1) is 6.58 Å². The molecule has 1 rings (SSSR count). The molecule has 0 amide bonds. The molecule has 148 valence electrons. The van der Waals surface area contributed by atoms with Crippen molar-refractivity contribution in [2.45, 2.75) is 77.5 Å². The van der Waals surface area contributed by atoms with Crippen LogP contribution in [0.2, 0.25) is 18.1 Å². The minimum atomic E-state index is -1.90. The highest BCUT2D eigenvalue weighted by Crippen LogP contribution is 2.38. The topological polar surface area (TPSA) is 38.7 Å². The molecule has 0 heterocycles. The lowest BCUT2D eigenvalue weighted by molar-refractivity contribution is 0.0364. The van der Waals surface area contributed by atoms with Crippen molar-refractivity contribution in [1.29, 1.82) is 0 Å². The second kappa shape index (κ2) is 10.4. The minimum absolute atomic E-state index is 0.00376. The predicted octanol–water partition coefficient (Wildman–Crippen LogP) is 5.56. The second-order valence-electron chi connectivity index (χ2n) is 8.72. The van der Waals surface area contributed by atoms with Crippen molar-refractivity contribution < 1.29 is 14.3 Å². The molecular weight excluding hydrogens is 340 g/mol. The zero-order chi connectivity index (χ0) is 19.8. The summed E-state index contributed by atoms with van der Waals surface area (Å²) in [4.78, 5) is 0. The van der Waals surface area contributed by atoms with E-state index in [2.05, 4.69) is 52.6 Å². The summed E-state index contributed by atoms with van der Waals surface area (Å²) < 4.78 is 12.4. The molecule has 1 aromatic rings. The molecule has 0 radical (unpaired) electrons. The summed E-state index contributed by atoms with van der Waals surface area (Å²) in [6.45, 7) is 18.3. The first-order chi connectivity index (χ1) is 12.1. The Morgan fingerprint density at radius 1 is 1.19 bits per heavy atom. The van der Waals surface area contributed by atoms with Crippen molar-refractivity contribution in [3.8, 4) is 0 Å². The molecular formula is C22H38O3Si. The van der Waals surface area contributed by atoms with E-state index in [0.717, 1.165) is 6.42 Å². The molecule has 0 spiro atoms. The molecule has 0 aliphatic carbocycles. The van der Waals surface area contributed by atoms with E-state index < -0.39 is 14.4 Å². The Labute approximate surface area is 161 Å². The van der Waals surface area contributed by atoms with Gasteiger partial charge in [0.1, 0.15) is 0 Å². The Kier molecular flexibility index (Phi) is 9.24. The van der Waals surface area contributed by atoms with E-state index in [9.17, 15) is 5.11 Å². The maximum absolute atomic E-state index is 10.4. The van der Waals surface area contributed by atoms with Crippen LogP contribution < -0.4 is 0 Å². The maximum atomic E-state index is 10.4. The van der Waals surface area contributed by atoms with E-state index >= 15 is 0 Å². The van der Waals surface area contributed by atoms with E-state index in [4.69, 9.17) is 9.16 Å². The molecule has 0 unspecified atom stereocenters. The van der Waals surface area contributed by atoms with Crippen LogP contribution >= 0.6 is 0 Å². The Bertz CT molecular complexity index is 522. The molecule has 1 aromatic carbocycles. The van der Waals surface area contributed by atoms with E-state index in [0.29, 0.717) is 19.6 Å². The van der Waals surface area contributed by atoms with Gasteiger partial charge in [0.15, 0.2) is 8.32 Å². The lowest BCUT2D eigenvalue weighted by atomic mass is 9.98. The number of rotatable bonds is 11. The van der Waals surface area contributed by atoms with Gasteiger partial charge in [-0.1, -0.05) is 64.1 Å². The molecule has 0 saturated carbocycles. The number of hydrogen-bond acceptors (Lipinski definition) is 3. The highest BCUT2D eigenvalue weighted by Gasteiger charge is 2.39. The summed E-state index contributed by atoms with van der Waals surface area (Å²) in [6.07, 6.45) is 2.79. The van der Waals surface area contributed by atoms with Crippen molar-refractivity contribution in [3.63, 3.8) is 0 Å². The predicted molar refractivity (Wildman–Crippen MR) is 113 cm³/mol. The molecule has 26 heavy (non-hydrogen) atoms. The quantitative estimate of drug-likeness (QED) is 0.311. The third-order valence-corrected chi connectivity index (χ3v) is 9.98. The SMILES string of the molecule is C=C[C@H](C)[C@@H](O)C[C@@H](CCOCc1ccccc1)O[Si](C)(C)C(C)(C)C. The molecule has 3 nitrogen and oxygen atoms in total. The van der Waals surface area contributed by atoms with Gasteiger partial charge >= 0.3 is 0 Å². The number of ether oxygens (including phenoxy) is 1. The zero-order valence-corrected chi connectivity index (χ0v) is 18.5. The second-order valence-corrected chi connectivity index (χ2v) is 13.5. The summed E-state index contributed by atoms with van der Waals surface area (Å²) in [5.74, 6) is 0.0609.